The molecule has 1 heterocycles. The summed E-state index contributed by atoms with van der Waals surface area (Å²) >= 11 is 6.12. The van der Waals surface area contributed by atoms with Gasteiger partial charge < -0.3 is 0 Å². The first-order valence-corrected chi connectivity index (χ1v) is 6.76. The van der Waals surface area contributed by atoms with Crippen LogP contribution in [0.1, 0.15) is 31.7 Å². The lowest BCUT2D eigenvalue weighted by Gasteiger charge is -2.20. The molecule has 0 N–H and O–H groups in total. The first-order valence-electron chi connectivity index (χ1n) is 6.33. The molecule has 6 heteroatoms. The molecule has 0 aliphatic rings. The van der Waals surface area contributed by atoms with Gasteiger partial charge >= 0.3 is 0 Å². The standard InChI is InChI=1S/C14H14ClFN2O2/c1-3-9(8(2)15)13-11(16)7-12(18(19)20)10-5-4-6-17-14(10)13/h4-9H,3H2,1-2H3. The highest BCUT2D eigenvalue weighted by Gasteiger charge is 2.26. The summed E-state index contributed by atoms with van der Waals surface area (Å²) in [6.07, 6.45) is 2.13. The van der Waals surface area contributed by atoms with E-state index in [-0.39, 0.29) is 17.0 Å². The molecule has 1 aromatic carbocycles. The predicted molar refractivity (Wildman–Crippen MR) is 76.7 cm³/mol. The highest BCUT2D eigenvalue weighted by Crippen LogP contribution is 2.37. The molecule has 4 nitrogen and oxygen atoms in total. The minimum atomic E-state index is -0.623. The zero-order valence-corrected chi connectivity index (χ0v) is 11.9. The van der Waals surface area contributed by atoms with E-state index in [4.69, 9.17) is 11.6 Å². The lowest BCUT2D eigenvalue weighted by Crippen LogP contribution is -2.12. The smallest absolute Gasteiger partial charge is 0.258 e. The predicted octanol–water partition coefficient (Wildman–Crippen LogP) is 4.40. The fourth-order valence-electron chi connectivity index (χ4n) is 2.48. The summed E-state index contributed by atoms with van der Waals surface area (Å²) in [5.74, 6) is -0.864. The molecule has 0 amide bonds. The maximum Gasteiger partial charge on any atom is 0.281 e. The normalized spacial score (nSPS) is 14.2. The Bertz CT molecular complexity index is 661. The minimum absolute atomic E-state index is 0.241. The Balaban J connectivity index is 2.82. The van der Waals surface area contributed by atoms with Gasteiger partial charge in [-0.1, -0.05) is 6.92 Å². The van der Waals surface area contributed by atoms with E-state index in [1.54, 1.807) is 19.1 Å². The second-order valence-electron chi connectivity index (χ2n) is 4.64. The van der Waals surface area contributed by atoms with Crippen LogP contribution in [0.2, 0.25) is 0 Å². The van der Waals surface area contributed by atoms with Crippen molar-refractivity contribution in [3.05, 3.63) is 45.9 Å². The number of fused-ring (bicyclic) bond motifs is 1. The maximum absolute atomic E-state index is 14.3. The summed E-state index contributed by atoms with van der Waals surface area (Å²) in [5.41, 5.74) is 0.404. The molecule has 0 saturated carbocycles. The minimum Gasteiger partial charge on any atom is -0.258 e. The summed E-state index contributed by atoms with van der Waals surface area (Å²) in [4.78, 5) is 14.6. The summed E-state index contributed by atoms with van der Waals surface area (Å²) in [6, 6.07) is 4.14. The van der Waals surface area contributed by atoms with Crippen molar-refractivity contribution in [2.75, 3.05) is 0 Å². The molecule has 0 bridgehead atoms. The number of nitro benzene ring substituents is 1. The van der Waals surface area contributed by atoms with Crippen LogP contribution in [0.5, 0.6) is 0 Å². The van der Waals surface area contributed by atoms with E-state index in [2.05, 4.69) is 4.98 Å². The van der Waals surface area contributed by atoms with E-state index in [1.807, 2.05) is 6.92 Å². The third kappa shape index (κ3) is 2.45. The molecule has 0 spiro atoms. The third-order valence-corrected chi connectivity index (χ3v) is 3.73. The molecule has 2 rings (SSSR count). The highest BCUT2D eigenvalue weighted by atomic mass is 35.5. The molecule has 2 unspecified atom stereocenters. The van der Waals surface area contributed by atoms with Crippen LogP contribution >= 0.6 is 11.6 Å². The Morgan fingerprint density at radius 2 is 2.25 bits per heavy atom. The molecular formula is C14H14ClFN2O2. The van der Waals surface area contributed by atoms with Crippen molar-refractivity contribution in [3.63, 3.8) is 0 Å². The number of hydrogen-bond donors (Lipinski definition) is 0. The van der Waals surface area contributed by atoms with Crippen molar-refractivity contribution in [3.8, 4) is 0 Å². The van der Waals surface area contributed by atoms with Crippen molar-refractivity contribution in [2.45, 2.75) is 31.6 Å². The average molecular weight is 297 g/mol. The summed E-state index contributed by atoms with van der Waals surface area (Å²) in [7, 11) is 0. The number of rotatable bonds is 4. The molecule has 0 aliphatic heterocycles. The number of nitro groups is 1. The van der Waals surface area contributed by atoms with E-state index < -0.39 is 10.7 Å². The van der Waals surface area contributed by atoms with Gasteiger partial charge in [0.1, 0.15) is 5.82 Å². The van der Waals surface area contributed by atoms with Gasteiger partial charge in [0, 0.05) is 23.1 Å². The van der Waals surface area contributed by atoms with Crippen LogP contribution in [0, 0.1) is 15.9 Å². The molecule has 0 aliphatic carbocycles. The first-order chi connectivity index (χ1) is 9.47. The number of hydrogen-bond acceptors (Lipinski definition) is 3. The van der Waals surface area contributed by atoms with E-state index >= 15 is 0 Å². The topological polar surface area (TPSA) is 56.0 Å². The van der Waals surface area contributed by atoms with E-state index in [0.29, 0.717) is 22.9 Å². The van der Waals surface area contributed by atoms with Crippen molar-refractivity contribution in [1.82, 2.24) is 4.98 Å². The van der Waals surface area contributed by atoms with Gasteiger partial charge in [-0.05, 0) is 25.5 Å². The van der Waals surface area contributed by atoms with Crippen molar-refractivity contribution in [1.29, 1.82) is 0 Å². The Labute approximate surface area is 120 Å². The van der Waals surface area contributed by atoms with E-state index in [9.17, 15) is 14.5 Å². The number of aromatic nitrogens is 1. The zero-order valence-electron chi connectivity index (χ0n) is 11.1. The van der Waals surface area contributed by atoms with Gasteiger partial charge in [0.05, 0.1) is 21.9 Å². The second-order valence-corrected chi connectivity index (χ2v) is 5.33. The molecule has 20 heavy (non-hydrogen) atoms. The summed E-state index contributed by atoms with van der Waals surface area (Å²) < 4.78 is 14.3. The van der Waals surface area contributed by atoms with Crippen LogP contribution in [0.3, 0.4) is 0 Å². The van der Waals surface area contributed by atoms with Gasteiger partial charge in [-0.25, -0.2) is 4.39 Å². The molecule has 2 aromatic rings. The molecular weight excluding hydrogens is 283 g/mol. The van der Waals surface area contributed by atoms with Gasteiger partial charge in [-0.2, -0.15) is 0 Å². The summed E-state index contributed by atoms with van der Waals surface area (Å²) in [6.45, 7) is 3.69. The summed E-state index contributed by atoms with van der Waals surface area (Å²) in [5, 5.41) is 11.1. The van der Waals surface area contributed by atoms with Gasteiger partial charge in [0.25, 0.3) is 5.69 Å². The number of non-ortho nitro benzene ring substituents is 1. The van der Waals surface area contributed by atoms with Crippen LogP contribution in [0.4, 0.5) is 10.1 Å². The van der Waals surface area contributed by atoms with Crippen LogP contribution in [-0.2, 0) is 0 Å². The van der Waals surface area contributed by atoms with Crippen LogP contribution in [0.15, 0.2) is 24.4 Å². The molecule has 0 radical (unpaired) electrons. The van der Waals surface area contributed by atoms with Crippen LogP contribution < -0.4 is 0 Å². The first kappa shape index (κ1) is 14.7. The van der Waals surface area contributed by atoms with Crippen molar-refractivity contribution in [2.24, 2.45) is 0 Å². The van der Waals surface area contributed by atoms with E-state index in [1.165, 1.54) is 6.20 Å². The fourth-order valence-corrected chi connectivity index (χ4v) is 2.78. The Morgan fingerprint density at radius 3 is 2.80 bits per heavy atom. The molecule has 106 valence electrons. The average Bonchev–Trinajstić information content (AvgIpc) is 2.41. The van der Waals surface area contributed by atoms with Crippen LogP contribution in [0.25, 0.3) is 10.9 Å². The highest BCUT2D eigenvalue weighted by molar-refractivity contribution is 6.21. The number of nitrogens with zero attached hydrogens (tertiary/aromatic N) is 2. The fraction of sp³-hybridized carbons (Fsp3) is 0.357. The van der Waals surface area contributed by atoms with Gasteiger partial charge in [-0.3, -0.25) is 15.1 Å². The SMILES string of the molecule is CCC(c1c(F)cc([N+](=O)[O-])c2cccnc12)C(C)Cl. The lowest BCUT2D eigenvalue weighted by atomic mass is 9.90. The molecule has 0 fully saturated rings. The Morgan fingerprint density at radius 1 is 1.55 bits per heavy atom. The Kier molecular flexibility index (Phi) is 4.18. The van der Waals surface area contributed by atoms with Gasteiger partial charge in [0.15, 0.2) is 0 Å². The monoisotopic (exact) mass is 296 g/mol. The number of pyridine rings is 1. The van der Waals surface area contributed by atoms with Crippen molar-refractivity contribution >= 4 is 28.2 Å². The number of benzene rings is 1. The van der Waals surface area contributed by atoms with Crippen molar-refractivity contribution < 1.29 is 9.31 Å². The molecule has 0 saturated heterocycles. The molecule has 2 atom stereocenters. The van der Waals surface area contributed by atoms with E-state index in [0.717, 1.165) is 6.07 Å². The zero-order chi connectivity index (χ0) is 14.9. The third-order valence-electron chi connectivity index (χ3n) is 3.42. The van der Waals surface area contributed by atoms with Gasteiger partial charge in [-0.15, -0.1) is 11.6 Å². The Hall–Kier alpha value is -1.75. The molecule has 1 aromatic heterocycles. The quantitative estimate of drug-likeness (QED) is 0.477. The van der Waals surface area contributed by atoms with Gasteiger partial charge in [0.2, 0.25) is 0 Å². The lowest BCUT2D eigenvalue weighted by molar-refractivity contribution is -0.383. The number of halogens is 2. The second kappa shape index (κ2) is 5.71. The largest absolute Gasteiger partial charge is 0.281 e. The maximum atomic E-state index is 14.3. The van der Waals surface area contributed by atoms with Crippen LogP contribution in [-0.4, -0.2) is 15.3 Å². The number of alkyl halides is 1.